The van der Waals surface area contributed by atoms with Crippen molar-refractivity contribution in [2.24, 2.45) is 0 Å². The van der Waals surface area contributed by atoms with E-state index in [2.05, 4.69) is 47.1 Å². The second-order valence-corrected chi connectivity index (χ2v) is 6.00. The molecule has 1 aromatic carbocycles. The fourth-order valence-electron chi connectivity index (χ4n) is 2.72. The van der Waals surface area contributed by atoms with Gasteiger partial charge in [-0.25, -0.2) is 0 Å². The molecular formula is C18H28N2O. The van der Waals surface area contributed by atoms with E-state index >= 15 is 0 Å². The summed E-state index contributed by atoms with van der Waals surface area (Å²) < 4.78 is 5.51. The summed E-state index contributed by atoms with van der Waals surface area (Å²) in [6.45, 7) is 11.7. The Balaban J connectivity index is 1.57. The van der Waals surface area contributed by atoms with E-state index in [9.17, 15) is 0 Å². The zero-order valence-corrected chi connectivity index (χ0v) is 13.2. The number of nitrogens with one attached hydrogen (secondary N) is 1. The van der Waals surface area contributed by atoms with E-state index in [1.807, 2.05) is 6.92 Å². The van der Waals surface area contributed by atoms with Crippen molar-refractivity contribution in [3.8, 4) is 0 Å². The number of hydrogen-bond donors (Lipinski definition) is 1. The van der Waals surface area contributed by atoms with Crippen LogP contribution in [0.5, 0.6) is 0 Å². The third kappa shape index (κ3) is 6.42. The van der Waals surface area contributed by atoms with Gasteiger partial charge in [0, 0.05) is 19.1 Å². The number of benzene rings is 1. The molecule has 0 spiro atoms. The molecule has 0 aromatic heterocycles. The zero-order valence-electron chi connectivity index (χ0n) is 13.2. The minimum absolute atomic E-state index is 0.644. The predicted octanol–water partition coefficient (Wildman–Crippen LogP) is 2.83. The van der Waals surface area contributed by atoms with Crippen LogP contribution in [-0.2, 0) is 11.3 Å². The number of nitrogens with zero attached hydrogens (tertiary/aromatic N) is 1. The van der Waals surface area contributed by atoms with E-state index in [0.717, 1.165) is 25.3 Å². The van der Waals surface area contributed by atoms with Crippen LogP contribution < -0.4 is 5.32 Å². The van der Waals surface area contributed by atoms with Gasteiger partial charge < -0.3 is 10.1 Å². The highest BCUT2D eigenvalue weighted by Gasteiger charge is 2.18. The van der Waals surface area contributed by atoms with Crippen LogP contribution >= 0.6 is 0 Å². The first-order valence-corrected chi connectivity index (χ1v) is 7.96. The highest BCUT2D eigenvalue weighted by Crippen LogP contribution is 2.13. The number of piperidine rings is 1. The largest absolute Gasteiger partial charge is 0.376 e. The van der Waals surface area contributed by atoms with Crippen molar-refractivity contribution >= 4 is 0 Å². The van der Waals surface area contributed by atoms with Crippen LogP contribution in [-0.4, -0.2) is 43.8 Å². The Hall–Kier alpha value is -1.16. The molecule has 1 aliphatic rings. The molecule has 1 heterocycles. The standard InChI is InChI=1S/C18H28N2O/c1-16(2)15-21-13-10-19-18-8-11-20(12-9-18)14-17-6-4-3-5-7-17/h3-7,18-19H,1,8-15H2,2H3. The first-order valence-electron chi connectivity index (χ1n) is 7.96. The van der Waals surface area contributed by atoms with Gasteiger partial charge in [-0.15, -0.1) is 0 Å². The number of hydrogen-bond acceptors (Lipinski definition) is 3. The van der Waals surface area contributed by atoms with Crippen LogP contribution in [0.25, 0.3) is 0 Å². The summed E-state index contributed by atoms with van der Waals surface area (Å²) in [5, 5.41) is 3.60. The molecule has 1 N–H and O–H groups in total. The van der Waals surface area contributed by atoms with Crippen molar-refractivity contribution in [3.05, 3.63) is 48.0 Å². The summed E-state index contributed by atoms with van der Waals surface area (Å²) in [6, 6.07) is 11.4. The van der Waals surface area contributed by atoms with E-state index in [1.54, 1.807) is 0 Å². The van der Waals surface area contributed by atoms with E-state index < -0.39 is 0 Å². The molecule has 0 radical (unpaired) electrons. The Morgan fingerprint density at radius 3 is 2.67 bits per heavy atom. The maximum Gasteiger partial charge on any atom is 0.0672 e. The Morgan fingerprint density at radius 2 is 2.00 bits per heavy atom. The van der Waals surface area contributed by atoms with Crippen molar-refractivity contribution in [1.29, 1.82) is 0 Å². The Bertz CT molecular complexity index is 410. The fraction of sp³-hybridized carbons (Fsp3) is 0.556. The average Bonchev–Trinajstić information content (AvgIpc) is 2.49. The van der Waals surface area contributed by atoms with Crippen LogP contribution in [0.1, 0.15) is 25.3 Å². The number of likely N-dealkylation sites (tertiary alicyclic amines) is 1. The molecule has 0 aliphatic carbocycles. The molecular weight excluding hydrogens is 260 g/mol. The molecule has 1 aliphatic heterocycles. The highest BCUT2D eigenvalue weighted by molar-refractivity contribution is 5.14. The maximum atomic E-state index is 5.51. The van der Waals surface area contributed by atoms with Gasteiger partial charge in [0.1, 0.15) is 0 Å². The average molecular weight is 288 g/mol. The first kappa shape index (κ1) is 16.2. The van der Waals surface area contributed by atoms with Crippen LogP contribution in [0.4, 0.5) is 0 Å². The van der Waals surface area contributed by atoms with Gasteiger partial charge in [-0.05, 0) is 38.4 Å². The van der Waals surface area contributed by atoms with Crippen LogP contribution in [0.3, 0.4) is 0 Å². The molecule has 0 unspecified atom stereocenters. The zero-order chi connectivity index (χ0) is 14.9. The maximum absolute atomic E-state index is 5.51. The summed E-state index contributed by atoms with van der Waals surface area (Å²) in [7, 11) is 0. The van der Waals surface area contributed by atoms with Gasteiger partial charge in [-0.3, -0.25) is 4.90 Å². The van der Waals surface area contributed by atoms with Crippen molar-refractivity contribution in [1.82, 2.24) is 10.2 Å². The molecule has 1 fully saturated rings. The Labute approximate surface area is 129 Å². The highest BCUT2D eigenvalue weighted by atomic mass is 16.5. The molecule has 3 heteroatoms. The Morgan fingerprint density at radius 1 is 1.29 bits per heavy atom. The molecule has 3 nitrogen and oxygen atoms in total. The molecule has 0 amide bonds. The molecule has 1 aromatic rings. The summed E-state index contributed by atoms with van der Waals surface area (Å²) in [4.78, 5) is 2.55. The van der Waals surface area contributed by atoms with E-state index in [0.29, 0.717) is 12.6 Å². The van der Waals surface area contributed by atoms with Gasteiger partial charge in [0.15, 0.2) is 0 Å². The number of ether oxygens (including phenoxy) is 1. The topological polar surface area (TPSA) is 24.5 Å². The van der Waals surface area contributed by atoms with Gasteiger partial charge in [-0.1, -0.05) is 42.5 Å². The molecule has 0 saturated carbocycles. The van der Waals surface area contributed by atoms with Crippen LogP contribution in [0.15, 0.2) is 42.5 Å². The minimum atomic E-state index is 0.644. The van der Waals surface area contributed by atoms with Gasteiger partial charge in [0.05, 0.1) is 13.2 Å². The van der Waals surface area contributed by atoms with Gasteiger partial charge in [-0.2, -0.15) is 0 Å². The number of rotatable bonds is 8. The van der Waals surface area contributed by atoms with Crippen molar-refractivity contribution < 1.29 is 4.74 Å². The van der Waals surface area contributed by atoms with Crippen molar-refractivity contribution in [3.63, 3.8) is 0 Å². The van der Waals surface area contributed by atoms with Crippen molar-refractivity contribution in [2.45, 2.75) is 32.4 Å². The van der Waals surface area contributed by atoms with Gasteiger partial charge in [0.2, 0.25) is 0 Å². The van der Waals surface area contributed by atoms with Gasteiger partial charge in [0.25, 0.3) is 0 Å². The summed E-state index contributed by atoms with van der Waals surface area (Å²) in [5.74, 6) is 0. The molecule has 21 heavy (non-hydrogen) atoms. The summed E-state index contributed by atoms with van der Waals surface area (Å²) >= 11 is 0. The van der Waals surface area contributed by atoms with Crippen LogP contribution in [0, 0.1) is 0 Å². The monoisotopic (exact) mass is 288 g/mol. The van der Waals surface area contributed by atoms with E-state index in [1.165, 1.54) is 31.5 Å². The third-order valence-corrected chi connectivity index (χ3v) is 3.86. The molecule has 0 bridgehead atoms. The lowest BCUT2D eigenvalue weighted by Gasteiger charge is -2.32. The lowest BCUT2D eigenvalue weighted by atomic mass is 10.0. The predicted molar refractivity (Wildman–Crippen MR) is 88.4 cm³/mol. The lowest BCUT2D eigenvalue weighted by Crippen LogP contribution is -2.43. The lowest BCUT2D eigenvalue weighted by molar-refractivity contribution is 0.144. The molecule has 0 atom stereocenters. The normalized spacial score (nSPS) is 17.0. The molecule has 2 rings (SSSR count). The van der Waals surface area contributed by atoms with E-state index in [4.69, 9.17) is 4.74 Å². The summed E-state index contributed by atoms with van der Waals surface area (Å²) in [5.41, 5.74) is 2.50. The SMILES string of the molecule is C=C(C)COCCNC1CCN(Cc2ccccc2)CC1. The van der Waals surface area contributed by atoms with E-state index in [-0.39, 0.29) is 0 Å². The van der Waals surface area contributed by atoms with Crippen LogP contribution in [0.2, 0.25) is 0 Å². The minimum Gasteiger partial charge on any atom is -0.376 e. The second kappa shape index (κ2) is 8.98. The summed E-state index contributed by atoms with van der Waals surface area (Å²) in [6.07, 6.45) is 2.46. The fourth-order valence-corrected chi connectivity index (χ4v) is 2.72. The second-order valence-electron chi connectivity index (χ2n) is 6.00. The van der Waals surface area contributed by atoms with Crippen molar-refractivity contribution in [2.75, 3.05) is 32.8 Å². The Kier molecular flexibility index (Phi) is 6.93. The smallest absolute Gasteiger partial charge is 0.0672 e. The first-order chi connectivity index (χ1) is 10.2. The quantitative estimate of drug-likeness (QED) is 0.588. The third-order valence-electron chi connectivity index (χ3n) is 3.86. The van der Waals surface area contributed by atoms with Gasteiger partial charge >= 0.3 is 0 Å². The molecule has 1 saturated heterocycles. The molecule has 116 valence electrons.